The first-order valence-electron chi connectivity index (χ1n) is 6.11. The van der Waals surface area contributed by atoms with Gasteiger partial charge in [0.2, 0.25) is 0 Å². The number of nitrogens with zero attached hydrogens (tertiary/aromatic N) is 1. The van der Waals surface area contributed by atoms with Crippen molar-refractivity contribution in [3.8, 4) is 0 Å². The molecule has 0 saturated carbocycles. The van der Waals surface area contributed by atoms with Crippen LogP contribution in [0.1, 0.15) is 10.4 Å². The Balaban J connectivity index is 2.19. The zero-order chi connectivity index (χ0) is 14.7. The van der Waals surface area contributed by atoms with Crippen LogP contribution in [0.4, 0.5) is 17.1 Å². The molecule has 0 aromatic heterocycles. The number of hydrogen-bond acceptors (Lipinski definition) is 3. The molecule has 0 aliphatic rings. The number of nitrogens with one attached hydrogen (secondary N) is 1. The van der Waals surface area contributed by atoms with Crippen molar-refractivity contribution in [2.24, 2.45) is 0 Å². The molecular formula is C15H16ClN3O. The van der Waals surface area contributed by atoms with Gasteiger partial charge in [-0.1, -0.05) is 17.7 Å². The molecule has 2 aromatic rings. The predicted octanol–water partition coefficient (Wildman–Crippen LogP) is 3.24. The first-order valence-corrected chi connectivity index (χ1v) is 6.49. The van der Waals surface area contributed by atoms with Crippen molar-refractivity contribution in [2.45, 2.75) is 0 Å². The topological polar surface area (TPSA) is 58.4 Å². The Morgan fingerprint density at radius 3 is 2.60 bits per heavy atom. The lowest BCUT2D eigenvalue weighted by molar-refractivity contribution is 0.102. The van der Waals surface area contributed by atoms with Crippen LogP contribution >= 0.6 is 11.6 Å². The fourth-order valence-corrected chi connectivity index (χ4v) is 1.87. The Morgan fingerprint density at radius 2 is 1.95 bits per heavy atom. The number of rotatable bonds is 3. The monoisotopic (exact) mass is 289 g/mol. The van der Waals surface area contributed by atoms with Crippen LogP contribution in [0.2, 0.25) is 5.02 Å². The van der Waals surface area contributed by atoms with E-state index in [1.54, 1.807) is 18.2 Å². The number of carbonyl (C=O) groups excluding carboxylic acids is 1. The Labute approximate surface area is 123 Å². The van der Waals surface area contributed by atoms with E-state index in [2.05, 4.69) is 5.32 Å². The van der Waals surface area contributed by atoms with Crippen molar-refractivity contribution in [1.82, 2.24) is 0 Å². The van der Waals surface area contributed by atoms with Gasteiger partial charge in [-0.05, 0) is 36.4 Å². The molecule has 0 aliphatic heterocycles. The van der Waals surface area contributed by atoms with Gasteiger partial charge in [-0.3, -0.25) is 4.79 Å². The number of halogens is 1. The van der Waals surface area contributed by atoms with Gasteiger partial charge in [-0.2, -0.15) is 0 Å². The number of nitrogens with two attached hydrogens (primary N) is 1. The molecule has 20 heavy (non-hydrogen) atoms. The number of benzene rings is 2. The van der Waals surface area contributed by atoms with Crippen LogP contribution in [0.15, 0.2) is 42.5 Å². The zero-order valence-electron chi connectivity index (χ0n) is 11.4. The summed E-state index contributed by atoms with van der Waals surface area (Å²) in [5.74, 6) is -0.218. The fraction of sp³-hybridized carbons (Fsp3) is 0.133. The summed E-state index contributed by atoms with van der Waals surface area (Å²) in [5, 5.41) is 3.28. The number of anilines is 3. The summed E-state index contributed by atoms with van der Waals surface area (Å²) in [6.45, 7) is 0. The zero-order valence-corrected chi connectivity index (χ0v) is 12.1. The van der Waals surface area contributed by atoms with Crippen molar-refractivity contribution >= 4 is 34.6 Å². The molecule has 0 saturated heterocycles. The van der Waals surface area contributed by atoms with E-state index in [1.807, 2.05) is 43.3 Å². The maximum Gasteiger partial charge on any atom is 0.255 e. The average Bonchev–Trinajstić information content (AvgIpc) is 2.42. The van der Waals surface area contributed by atoms with Crippen LogP contribution in [0.25, 0.3) is 0 Å². The lowest BCUT2D eigenvalue weighted by Crippen LogP contribution is -2.13. The average molecular weight is 290 g/mol. The summed E-state index contributed by atoms with van der Waals surface area (Å²) < 4.78 is 0. The molecule has 5 heteroatoms. The number of nitrogen functional groups attached to an aromatic ring is 1. The molecule has 104 valence electrons. The third kappa shape index (κ3) is 3.22. The molecule has 1 amide bonds. The highest BCUT2D eigenvalue weighted by Crippen LogP contribution is 2.21. The van der Waals surface area contributed by atoms with Crippen LogP contribution in [0, 0.1) is 0 Å². The quantitative estimate of drug-likeness (QED) is 0.853. The van der Waals surface area contributed by atoms with Gasteiger partial charge >= 0.3 is 0 Å². The minimum Gasteiger partial charge on any atom is -0.398 e. The Bertz CT molecular complexity index is 641. The number of hydrogen-bond donors (Lipinski definition) is 2. The van der Waals surface area contributed by atoms with E-state index in [1.165, 1.54) is 0 Å². The van der Waals surface area contributed by atoms with Crippen LogP contribution in [-0.4, -0.2) is 20.0 Å². The lowest BCUT2D eigenvalue weighted by Gasteiger charge is -2.14. The second-order valence-electron chi connectivity index (χ2n) is 4.64. The van der Waals surface area contributed by atoms with Crippen LogP contribution in [0.3, 0.4) is 0 Å². The van der Waals surface area contributed by atoms with Gasteiger partial charge in [0.1, 0.15) is 0 Å². The van der Waals surface area contributed by atoms with Gasteiger partial charge in [0, 0.05) is 31.0 Å². The van der Waals surface area contributed by atoms with Crippen molar-refractivity contribution in [2.75, 3.05) is 30.0 Å². The second-order valence-corrected chi connectivity index (χ2v) is 5.04. The number of amides is 1. The largest absolute Gasteiger partial charge is 0.398 e. The van der Waals surface area contributed by atoms with Gasteiger partial charge < -0.3 is 16.0 Å². The Kier molecular flexibility index (Phi) is 4.15. The fourth-order valence-electron chi connectivity index (χ4n) is 1.75. The van der Waals surface area contributed by atoms with Crippen molar-refractivity contribution in [3.05, 3.63) is 53.1 Å². The highest BCUT2D eigenvalue weighted by atomic mass is 35.5. The molecule has 0 heterocycles. The summed E-state index contributed by atoms with van der Waals surface area (Å²) in [7, 11) is 3.89. The highest BCUT2D eigenvalue weighted by molar-refractivity contribution is 6.33. The summed E-state index contributed by atoms with van der Waals surface area (Å²) in [4.78, 5) is 14.1. The first-order chi connectivity index (χ1) is 9.47. The van der Waals surface area contributed by atoms with Crippen molar-refractivity contribution in [1.29, 1.82) is 0 Å². The molecule has 0 atom stereocenters. The minimum absolute atomic E-state index is 0.218. The Hall–Kier alpha value is -2.20. The first kappa shape index (κ1) is 14.2. The van der Waals surface area contributed by atoms with Crippen LogP contribution < -0.4 is 16.0 Å². The third-order valence-electron chi connectivity index (χ3n) is 2.88. The van der Waals surface area contributed by atoms with E-state index < -0.39 is 0 Å². The molecule has 2 rings (SSSR count). The minimum atomic E-state index is -0.218. The molecule has 2 aromatic carbocycles. The standard InChI is InChI=1S/C15H16ClN3O/c1-19(2)12-5-3-4-11(9-12)18-15(20)10-6-7-13(16)14(17)8-10/h3-9H,17H2,1-2H3,(H,18,20). The van der Waals surface area contributed by atoms with Gasteiger partial charge in [0.25, 0.3) is 5.91 Å². The van der Waals surface area contributed by atoms with E-state index >= 15 is 0 Å². The van der Waals surface area contributed by atoms with Gasteiger partial charge in [-0.15, -0.1) is 0 Å². The summed E-state index contributed by atoms with van der Waals surface area (Å²) in [6.07, 6.45) is 0. The second kappa shape index (κ2) is 5.84. The summed E-state index contributed by atoms with van der Waals surface area (Å²) in [5.41, 5.74) is 8.31. The van der Waals surface area contributed by atoms with Gasteiger partial charge in [0.15, 0.2) is 0 Å². The van der Waals surface area contributed by atoms with E-state index in [0.29, 0.717) is 16.3 Å². The smallest absolute Gasteiger partial charge is 0.255 e. The van der Waals surface area contributed by atoms with E-state index in [4.69, 9.17) is 17.3 Å². The predicted molar refractivity (Wildman–Crippen MR) is 84.6 cm³/mol. The summed E-state index contributed by atoms with van der Waals surface area (Å²) in [6, 6.07) is 12.4. The molecule has 0 fully saturated rings. The van der Waals surface area contributed by atoms with E-state index in [0.717, 1.165) is 11.4 Å². The highest BCUT2D eigenvalue weighted by Gasteiger charge is 2.08. The van der Waals surface area contributed by atoms with Crippen molar-refractivity contribution < 1.29 is 4.79 Å². The summed E-state index contributed by atoms with van der Waals surface area (Å²) >= 11 is 5.84. The molecule has 3 N–H and O–H groups in total. The third-order valence-corrected chi connectivity index (χ3v) is 3.22. The molecule has 0 aliphatic carbocycles. The van der Waals surface area contributed by atoms with E-state index in [-0.39, 0.29) is 5.91 Å². The molecule has 4 nitrogen and oxygen atoms in total. The maximum absolute atomic E-state index is 12.1. The molecular weight excluding hydrogens is 274 g/mol. The van der Waals surface area contributed by atoms with Crippen molar-refractivity contribution in [3.63, 3.8) is 0 Å². The number of carbonyl (C=O) groups is 1. The molecule has 0 unspecified atom stereocenters. The SMILES string of the molecule is CN(C)c1cccc(NC(=O)c2ccc(Cl)c(N)c2)c1. The van der Waals surface area contributed by atoms with Gasteiger partial charge in [-0.25, -0.2) is 0 Å². The molecule has 0 radical (unpaired) electrons. The van der Waals surface area contributed by atoms with Crippen LogP contribution in [0.5, 0.6) is 0 Å². The molecule has 0 spiro atoms. The Morgan fingerprint density at radius 1 is 1.20 bits per heavy atom. The van der Waals surface area contributed by atoms with Gasteiger partial charge in [0.05, 0.1) is 10.7 Å². The molecule has 0 bridgehead atoms. The lowest BCUT2D eigenvalue weighted by atomic mass is 10.2. The van der Waals surface area contributed by atoms with E-state index in [9.17, 15) is 4.79 Å². The normalized spacial score (nSPS) is 10.2. The maximum atomic E-state index is 12.1. The van der Waals surface area contributed by atoms with Crippen LogP contribution in [-0.2, 0) is 0 Å².